The Bertz CT molecular complexity index is 747. The minimum atomic E-state index is -1.39. The lowest BCUT2D eigenvalue weighted by molar-refractivity contribution is 0.0224. The number of nitrogen functional groups attached to an aromatic ring is 1. The fourth-order valence-electron chi connectivity index (χ4n) is 3.58. The van der Waals surface area contributed by atoms with Crippen LogP contribution in [0.25, 0.3) is 11.2 Å². The first kappa shape index (κ1) is 13.9. The average molecular weight is 322 g/mol. The molecule has 2 aliphatic rings. The number of aromatic nitrogens is 4. The molecule has 1 aliphatic carbocycles. The van der Waals surface area contributed by atoms with Gasteiger partial charge in [-0.05, 0) is 12.8 Å². The summed E-state index contributed by atoms with van der Waals surface area (Å²) in [5, 5.41) is 5.43. The molecule has 10 heteroatoms. The third kappa shape index (κ3) is 1.98. The normalized spacial score (nSPS) is 22.0. The van der Waals surface area contributed by atoms with Crippen molar-refractivity contribution in [2.24, 2.45) is 10.6 Å². The van der Waals surface area contributed by atoms with Gasteiger partial charge in [-0.3, -0.25) is 0 Å². The van der Waals surface area contributed by atoms with Crippen molar-refractivity contribution in [2.45, 2.75) is 18.9 Å². The lowest BCUT2D eigenvalue weighted by atomic mass is 9.60. The van der Waals surface area contributed by atoms with Crippen molar-refractivity contribution in [3.05, 3.63) is 6.33 Å². The van der Waals surface area contributed by atoms with E-state index in [0.717, 1.165) is 37.3 Å². The Morgan fingerprint density at radius 1 is 1.45 bits per heavy atom. The van der Waals surface area contributed by atoms with Gasteiger partial charge in [-0.25, -0.2) is 18.6 Å². The van der Waals surface area contributed by atoms with Crippen molar-refractivity contribution in [1.82, 2.24) is 24.2 Å². The van der Waals surface area contributed by atoms with Crippen molar-refractivity contribution in [3.8, 4) is 0 Å². The Morgan fingerprint density at radius 2 is 2.18 bits per heavy atom. The Morgan fingerprint density at radius 3 is 2.86 bits per heavy atom. The van der Waals surface area contributed by atoms with Crippen LogP contribution >= 0.6 is 0 Å². The topological polar surface area (TPSA) is 130 Å². The highest BCUT2D eigenvalue weighted by Gasteiger charge is 2.54. The van der Waals surface area contributed by atoms with E-state index in [9.17, 15) is 4.21 Å². The highest BCUT2D eigenvalue weighted by atomic mass is 32.2. The van der Waals surface area contributed by atoms with Crippen molar-refractivity contribution < 1.29 is 4.21 Å². The van der Waals surface area contributed by atoms with Crippen LogP contribution in [0.5, 0.6) is 0 Å². The standard InChI is InChI=1S/C12H18N8OS/c1-19(22(14)21)7-2-12(3-7)4-20(5-12)10-8-9(16-6-15-8)17-11(13)18-10/h6-7H,2-5,14H2,1H3,(H3,13,15,16,17,18). The summed E-state index contributed by atoms with van der Waals surface area (Å²) >= 11 is -1.39. The number of rotatable bonds is 3. The fourth-order valence-corrected chi connectivity index (χ4v) is 4.02. The van der Waals surface area contributed by atoms with Crippen LogP contribution in [0.3, 0.4) is 0 Å². The zero-order chi connectivity index (χ0) is 15.5. The molecule has 0 bridgehead atoms. The summed E-state index contributed by atoms with van der Waals surface area (Å²) < 4.78 is 13.0. The molecule has 2 aromatic heterocycles. The molecule has 0 radical (unpaired) electrons. The number of aromatic amines is 1. The quantitative estimate of drug-likeness (QED) is 0.690. The molecule has 118 valence electrons. The number of hydrogen-bond acceptors (Lipinski definition) is 6. The van der Waals surface area contributed by atoms with Gasteiger partial charge in [-0.1, -0.05) is 0 Å². The molecular formula is C12H18N8OS. The lowest BCUT2D eigenvalue weighted by Crippen LogP contribution is -2.66. The van der Waals surface area contributed by atoms with Crippen molar-refractivity contribution in [2.75, 3.05) is 30.8 Å². The molecule has 4 rings (SSSR count). The van der Waals surface area contributed by atoms with Crippen LogP contribution in [-0.2, 0) is 11.2 Å². The maximum atomic E-state index is 11.3. The number of H-pyrrole nitrogens is 1. The van der Waals surface area contributed by atoms with Gasteiger partial charge in [0.25, 0.3) is 0 Å². The first-order chi connectivity index (χ1) is 10.5. The van der Waals surface area contributed by atoms with Gasteiger partial charge in [0.05, 0.1) is 6.33 Å². The smallest absolute Gasteiger partial charge is 0.224 e. The zero-order valence-corrected chi connectivity index (χ0v) is 13.0. The monoisotopic (exact) mass is 322 g/mol. The van der Waals surface area contributed by atoms with E-state index in [2.05, 4.69) is 24.8 Å². The second-order valence-corrected chi connectivity index (χ2v) is 7.38. The first-order valence-electron chi connectivity index (χ1n) is 7.08. The first-order valence-corrected chi connectivity index (χ1v) is 8.25. The fraction of sp³-hybridized carbons (Fsp3) is 0.583. The molecule has 22 heavy (non-hydrogen) atoms. The van der Waals surface area contributed by atoms with Crippen LogP contribution in [-0.4, -0.2) is 54.6 Å². The molecule has 2 fully saturated rings. The highest BCUT2D eigenvalue weighted by molar-refractivity contribution is 7.80. The number of nitrogens with one attached hydrogen (secondary N) is 1. The van der Waals surface area contributed by atoms with E-state index in [-0.39, 0.29) is 11.4 Å². The Balaban J connectivity index is 1.48. The van der Waals surface area contributed by atoms with E-state index in [1.165, 1.54) is 0 Å². The summed E-state index contributed by atoms with van der Waals surface area (Å²) in [5.74, 6) is 1.05. The molecule has 1 saturated carbocycles. The van der Waals surface area contributed by atoms with Gasteiger partial charge in [0.2, 0.25) is 5.95 Å². The SMILES string of the molecule is CN(C1CC2(C1)CN(c1nc(N)nc3nc[nH]c13)C2)S(N)=O. The van der Waals surface area contributed by atoms with E-state index >= 15 is 0 Å². The summed E-state index contributed by atoms with van der Waals surface area (Å²) in [6, 6.07) is 0.302. The zero-order valence-electron chi connectivity index (χ0n) is 12.2. The molecule has 5 N–H and O–H groups in total. The van der Waals surface area contributed by atoms with Gasteiger partial charge in [0.15, 0.2) is 22.6 Å². The molecular weight excluding hydrogens is 304 g/mol. The predicted octanol–water partition coefficient (Wildman–Crippen LogP) is -0.627. The number of fused-ring (bicyclic) bond motifs is 1. The Labute approximate surface area is 129 Å². The van der Waals surface area contributed by atoms with Crippen LogP contribution in [0.15, 0.2) is 6.33 Å². The highest BCUT2D eigenvalue weighted by Crippen LogP contribution is 2.51. The number of anilines is 2. The number of hydrogen-bond donors (Lipinski definition) is 3. The van der Waals surface area contributed by atoms with Crippen molar-refractivity contribution >= 4 is 34.1 Å². The van der Waals surface area contributed by atoms with Crippen LogP contribution < -0.4 is 15.8 Å². The molecule has 2 aromatic rings. The molecule has 1 unspecified atom stereocenters. The van der Waals surface area contributed by atoms with Crippen molar-refractivity contribution in [3.63, 3.8) is 0 Å². The number of imidazole rings is 1. The van der Waals surface area contributed by atoms with Crippen LogP contribution in [0, 0.1) is 5.41 Å². The van der Waals surface area contributed by atoms with Gasteiger partial charge < -0.3 is 15.6 Å². The largest absolute Gasteiger partial charge is 0.368 e. The van der Waals surface area contributed by atoms with Crippen molar-refractivity contribution in [1.29, 1.82) is 0 Å². The lowest BCUT2D eigenvalue weighted by Gasteiger charge is -2.60. The Hall–Kier alpha value is -1.78. The molecule has 0 aromatic carbocycles. The maximum Gasteiger partial charge on any atom is 0.224 e. The predicted molar refractivity (Wildman–Crippen MR) is 83.9 cm³/mol. The second kappa shape index (κ2) is 4.61. The van der Waals surface area contributed by atoms with E-state index in [1.807, 2.05) is 7.05 Å². The third-order valence-corrected chi connectivity index (χ3v) is 5.64. The van der Waals surface area contributed by atoms with Crippen LogP contribution in [0.1, 0.15) is 12.8 Å². The third-order valence-electron chi connectivity index (χ3n) is 4.77. The minimum absolute atomic E-state index is 0.236. The van der Waals surface area contributed by atoms with Crippen LogP contribution in [0.2, 0.25) is 0 Å². The molecule has 3 heterocycles. The van der Waals surface area contributed by atoms with Gasteiger partial charge in [-0.15, -0.1) is 0 Å². The summed E-state index contributed by atoms with van der Waals surface area (Å²) in [5.41, 5.74) is 7.45. The van der Waals surface area contributed by atoms with Crippen LogP contribution in [0.4, 0.5) is 11.8 Å². The van der Waals surface area contributed by atoms with E-state index in [1.54, 1.807) is 10.6 Å². The van der Waals surface area contributed by atoms with E-state index < -0.39 is 11.2 Å². The summed E-state index contributed by atoms with van der Waals surface area (Å²) in [6.07, 6.45) is 3.62. The molecule has 1 atom stereocenters. The van der Waals surface area contributed by atoms with Gasteiger partial charge in [0, 0.05) is 31.6 Å². The van der Waals surface area contributed by atoms with Gasteiger partial charge >= 0.3 is 0 Å². The number of nitrogens with zero attached hydrogens (tertiary/aromatic N) is 5. The average Bonchev–Trinajstić information content (AvgIpc) is 2.82. The van der Waals surface area contributed by atoms with Gasteiger partial charge in [-0.2, -0.15) is 9.97 Å². The molecule has 9 nitrogen and oxygen atoms in total. The molecule has 1 saturated heterocycles. The van der Waals surface area contributed by atoms with Gasteiger partial charge in [0.1, 0.15) is 5.52 Å². The Kier molecular flexibility index (Phi) is 2.90. The summed E-state index contributed by atoms with van der Waals surface area (Å²) in [7, 11) is 1.81. The van der Waals surface area contributed by atoms with E-state index in [4.69, 9.17) is 10.9 Å². The minimum Gasteiger partial charge on any atom is -0.368 e. The molecule has 1 spiro atoms. The summed E-state index contributed by atoms with van der Waals surface area (Å²) in [6.45, 7) is 1.83. The molecule has 1 aliphatic heterocycles. The number of nitrogens with two attached hydrogens (primary N) is 2. The van der Waals surface area contributed by atoms with E-state index in [0.29, 0.717) is 11.7 Å². The second-order valence-electron chi connectivity index (χ2n) is 6.25. The molecule has 0 amide bonds. The maximum absolute atomic E-state index is 11.3. The summed E-state index contributed by atoms with van der Waals surface area (Å²) in [4.78, 5) is 17.8.